The van der Waals surface area contributed by atoms with Crippen molar-refractivity contribution in [2.75, 3.05) is 4.72 Å². The average molecular weight is 444 g/mol. The third-order valence-corrected chi connectivity index (χ3v) is 6.40. The first-order valence-electron chi connectivity index (χ1n) is 9.86. The molecule has 31 heavy (non-hydrogen) atoms. The number of carbonyl (C=O) groups excluding carboxylic acids is 1. The first kappa shape index (κ1) is 20.9. The molecule has 2 N–H and O–H groups in total. The largest absolute Gasteiger partial charge is 0.352 e. The molecule has 11 heteroatoms. The van der Waals surface area contributed by atoms with Gasteiger partial charge in [0.1, 0.15) is 17.3 Å². The Kier molecular flexibility index (Phi) is 5.94. The Bertz CT molecular complexity index is 1190. The molecule has 162 valence electrons. The van der Waals surface area contributed by atoms with E-state index in [2.05, 4.69) is 25.4 Å². The van der Waals surface area contributed by atoms with Crippen molar-refractivity contribution in [3.05, 3.63) is 54.3 Å². The minimum absolute atomic E-state index is 0.0907. The number of nitrogens with one attached hydrogen (secondary N) is 2. The van der Waals surface area contributed by atoms with Crippen molar-refractivity contribution in [2.24, 2.45) is 0 Å². The third-order valence-electron chi connectivity index (χ3n) is 5.00. The number of rotatable bonds is 7. The van der Waals surface area contributed by atoms with Gasteiger partial charge in [-0.25, -0.2) is 12.8 Å². The average Bonchev–Trinajstić information content (AvgIpc) is 3.40. The summed E-state index contributed by atoms with van der Waals surface area (Å²) in [6.07, 6.45) is 4.15. The van der Waals surface area contributed by atoms with Gasteiger partial charge in [0.05, 0.1) is 5.69 Å². The van der Waals surface area contributed by atoms with Crippen LogP contribution in [0.25, 0.3) is 11.4 Å². The summed E-state index contributed by atoms with van der Waals surface area (Å²) < 4.78 is 41.7. The Labute approximate surface area is 178 Å². The maximum Gasteiger partial charge on any atom is 0.264 e. The van der Waals surface area contributed by atoms with Crippen LogP contribution < -0.4 is 10.0 Å². The molecule has 0 saturated heterocycles. The van der Waals surface area contributed by atoms with E-state index < -0.39 is 20.7 Å². The quantitative estimate of drug-likeness (QED) is 0.577. The van der Waals surface area contributed by atoms with Crippen LogP contribution in [0, 0.1) is 5.82 Å². The fourth-order valence-electron chi connectivity index (χ4n) is 3.52. The molecular formula is C20H21FN6O3S. The summed E-state index contributed by atoms with van der Waals surface area (Å²) in [5.74, 6) is -0.922. The highest BCUT2D eigenvalue weighted by Crippen LogP contribution is 2.27. The van der Waals surface area contributed by atoms with E-state index >= 15 is 0 Å². The SMILES string of the molecule is O=C(Cn1nnc(-c2ccccc2NS(=O)(=O)c2ccccc2F)n1)NC1CCCC1. The zero-order chi connectivity index (χ0) is 21.8. The minimum Gasteiger partial charge on any atom is -0.352 e. The van der Waals surface area contributed by atoms with E-state index in [1.54, 1.807) is 18.2 Å². The predicted molar refractivity (Wildman–Crippen MR) is 111 cm³/mol. The minimum atomic E-state index is -4.17. The number of anilines is 1. The van der Waals surface area contributed by atoms with Gasteiger partial charge < -0.3 is 5.32 Å². The van der Waals surface area contributed by atoms with Crippen LogP contribution in [0.1, 0.15) is 25.7 Å². The highest BCUT2D eigenvalue weighted by atomic mass is 32.2. The number of hydrogen-bond donors (Lipinski definition) is 2. The van der Waals surface area contributed by atoms with Gasteiger partial charge in [0.2, 0.25) is 11.7 Å². The standard InChI is InChI=1S/C20H21FN6O3S/c21-16-10-4-6-12-18(16)31(29,30)25-17-11-5-3-9-15(17)20-23-26-27(24-20)13-19(28)22-14-7-1-2-8-14/h3-6,9-12,14,25H,1-2,7-8,13H2,(H,22,28). The Morgan fingerprint density at radius 2 is 1.81 bits per heavy atom. The van der Waals surface area contributed by atoms with Crippen LogP contribution in [0.2, 0.25) is 0 Å². The van der Waals surface area contributed by atoms with Crippen molar-refractivity contribution in [2.45, 2.75) is 43.2 Å². The van der Waals surface area contributed by atoms with Crippen molar-refractivity contribution < 1.29 is 17.6 Å². The van der Waals surface area contributed by atoms with Gasteiger partial charge in [-0.15, -0.1) is 10.2 Å². The molecule has 4 rings (SSSR count). The van der Waals surface area contributed by atoms with Crippen molar-refractivity contribution in [1.82, 2.24) is 25.5 Å². The van der Waals surface area contributed by atoms with Crippen molar-refractivity contribution >= 4 is 21.6 Å². The van der Waals surface area contributed by atoms with E-state index in [4.69, 9.17) is 0 Å². The number of halogens is 1. The molecule has 1 aliphatic carbocycles. The first-order chi connectivity index (χ1) is 14.9. The first-order valence-corrected chi connectivity index (χ1v) is 11.3. The van der Waals surface area contributed by atoms with Gasteiger partial charge in [0.15, 0.2) is 0 Å². The lowest BCUT2D eigenvalue weighted by atomic mass is 10.2. The second-order valence-electron chi connectivity index (χ2n) is 7.27. The summed E-state index contributed by atoms with van der Waals surface area (Å²) in [4.78, 5) is 12.9. The number of aromatic nitrogens is 4. The summed E-state index contributed by atoms with van der Waals surface area (Å²) in [6.45, 7) is -0.0907. The Morgan fingerprint density at radius 1 is 1.10 bits per heavy atom. The molecule has 1 fully saturated rings. The van der Waals surface area contributed by atoms with Gasteiger partial charge in [-0.1, -0.05) is 37.1 Å². The van der Waals surface area contributed by atoms with Crippen molar-refractivity contribution in [3.8, 4) is 11.4 Å². The number of sulfonamides is 1. The lowest BCUT2D eigenvalue weighted by Gasteiger charge is -2.11. The monoisotopic (exact) mass is 444 g/mol. The van der Waals surface area contributed by atoms with Crippen molar-refractivity contribution in [3.63, 3.8) is 0 Å². The van der Waals surface area contributed by atoms with Gasteiger partial charge in [0.25, 0.3) is 10.0 Å². The zero-order valence-corrected chi connectivity index (χ0v) is 17.3. The second-order valence-corrected chi connectivity index (χ2v) is 8.92. The van der Waals surface area contributed by atoms with Crippen LogP contribution in [0.5, 0.6) is 0 Å². The number of para-hydroxylation sites is 1. The maximum atomic E-state index is 14.0. The highest BCUT2D eigenvalue weighted by Gasteiger charge is 2.22. The van der Waals surface area contributed by atoms with Crippen LogP contribution in [-0.2, 0) is 21.4 Å². The van der Waals surface area contributed by atoms with Gasteiger partial charge in [-0.2, -0.15) is 4.80 Å². The molecule has 1 amide bonds. The molecular weight excluding hydrogens is 423 g/mol. The van der Waals surface area contributed by atoms with Gasteiger partial charge in [0, 0.05) is 11.6 Å². The van der Waals surface area contributed by atoms with E-state index in [1.807, 2.05) is 0 Å². The van der Waals surface area contributed by atoms with Gasteiger partial charge in [-0.05, 0) is 42.3 Å². The van der Waals surface area contributed by atoms with E-state index in [0.29, 0.717) is 5.56 Å². The number of carbonyl (C=O) groups is 1. The lowest BCUT2D eigenvalue weighted by Crippen LogP contribution is -2.35. The Balaban J connectivity index is 1.52. The van der Waals surface area contributed by atoms with Crippen LogP contribution in [-0.4, -0.2) is 40.6 Å². The molecule has 0 atom stereocenters. The molecule has 0 radical (unpaired) electrons. The molecule has 1 aromatic heterocycles. The maximum absolute atomic E-state index is 14.0. The number of hydrogen-bond acceptors (Lipinski definition) is 6. The smallest absolute Gasteiger partial charge is 0.264 e. The van der Waals surface area contributed by atoms with Crippen LogP contribution in [0.3, 0.4) is 0 Å². The molecule has 1 aliphatic rings. The normalized spacial score (nSPS) is 14.5. The van der Waals surface area contributed by atoms with Gasteiger partial charge >= 0.3 is 0 Å². The predicted octanol–water partition coefficient (Wildman–Crippen LogP) is 2.34. The van der Waals surface area contributed by atoms with E-state index in [1.165, 1.54) is 24.3 Å². The molecule has 3 aromatic rings. The summed E-state index contributed by atoms with van der Waals surface area (Å²) in [5, 5.41) is 15.0. The molecule has 1 heterocycles. The molecule has 9 nitrogen and oxygen atoms in total. The topological polar surface area (TPSA) is 119 Å². The molecule has 0 spiro atoms. The van der Waals surface area contributed by atoms with Crippen LogP contribution >= 0.6 is 0 Å². The lowest BCUT2D eigenvalue weighted by molar-refractivity contribution is -0.122. The number of amides is 1. The van der Waals surface area contributed by atoms with Crippen LogP contribution in [0.15, 0.2) is 53.4 Å². The summed E-state index contributed by atoms with van der Waals surface area (Å²) >= 11 is 0. The van der Waals surface area contributed by atoms with E-state index in [9.17, 15) is 17.6 Å². The molecule has 0 aliphatic heterocycles. The fraction of sp³-hybridized carbons (Fsp3) is 0.300. The second kappa shape index (κ2) is 8.80. The Morgan fingerprint density at radius 3 is 2.58 bits per heavy atom. The number of tetrazole rings is 1. The number of benzene rings is 2. The molecule has 0 unspecified atom stereocenters. The highest BCUT2D eigenvalue weighted by molar-refractivity contribution is 7.92. The fourth-order valence-corrected chi connectivity index (χ4v) is 4.68. The summed E-state index contributed by atoms with van der Waals surface area (Å²) in [5.41, 5.74) is 0.519. The molecule has 2 aromatic carbocycles. The van der Waals surface area contributed by atoms with Gasteiger partial charge in [-0.3, -0.25) is 9.52 Å². The van der Waals surface area contributed by atoms with Crippen LogP contribution in [0.4, 0.5) is 10.1 Å². The zero-order valence-electron chi connectivity index (χ0n) is 16.5. The third kappa shape index (κ3) is 4.88. The Hall–Kier alpha value is -3.34. The molecule has 0 bridgehead atoms. The summed E-state index contributed by atoms with van der Waals surface area (Å²) in [6, 6.07) is 11.7. The number of nitrogens with zero attached hydrogens (tertiary/aromatic N) is 4. The van der Waals surface area contributed by atoms with E-state index in [0.717, 1.165) is 36.5 Å². The summed E-state index contributed by atoms with van der Waals surface area (Å²) in [7, 11) is -4.17. The molecule has 1 saturated carbocycles. The van der Waals surface area contributed by atoms with Crippen molar-refractivity contribution in [1.29, 1.82) is 0 Å². The van der Waals surface area contributed by atoms with E-state index in [-0.39, 0.29) is 30.0 Å².